The predicted octanol–water partition coefficient (Wildman–Crippen LogP) is 4.81. The molecule has 0 unspecified atom stereocenters. The van der Waals surface area contributed by atoms with E-state index < -0.39 is 0 Å². The number of piperidine rings is 1. The lowest BCUT2D eigenvalue weighted by Crippen LogP contribution is -2.51. The van der Waals surface area contributed by atoms with Crippen molar-refractivity contribution in [3.63, 3.8) is 0 Å². The van der Waals surface area contributed by atoms with Gasteiger partial charge in [-0.3, -0.25) is 9.88 Å². The summed E-state index contributed by atoms with van der Waals surface area (Å²) in [7, 11) is 0. The normalized spacial score (nSPS) is 22.5. The van der Waals surface area contributed by atoms with E-state index in [0.29, 0.717) is 12.6 Å². The molecule has 1 saturated heterocycles. The van der Waals surface area contributed by atoms with Crippen molar-refractivity contribution in [2.75, 3.05) is 18.0 Å². The van der Waals surface area contributed by atoms with E-state index in [1.54, 1.807) is 0 Å². The zero-order valence-corrected chi connectivity index (χ0v) is 17.7. The molecule has 160 valence electrons. The van der Waals surface area contributed by atoms with E-state index in [2.05, 4.69) is 63.3 Å². The van der Waals surface area contributed by atoms with Crippen molar-refractivity contribution in [3.05, 3.63) is 76.9 Å². The molecule has 6 rings (SSSR count). The molecule has 3 heterocycles. The number of benzene rings is 2. The summed E-state index contributed by atoms with van der Waals surface area (Å²) in [4.78, 5) is 7.83. The van der Waals surface area contributed by atoms with Gasteiger partial charge < -0.3 is 15.1 Å². The number of likely N-dealkylation sites (tertiary alicyclic amines) is 1. The fraction of sp³-hybridized carbons (Fsp3) is 0.385. The van der Waals surface area contributed by atoms with Crippen molar-refractivity contribution < 1.29 is 10.2 Å². The van der Waals surface area contributed by atoms with Gasteiger partial charge in [-0.15, -0.1) is 0 Å². The molecule has 0 amide bonds. The topological polar surface area (TPSA) is 62.7 Å². The van der Waals surface area contributed by atoms with E-state index in [4.69, 9.17) is 0 Å². The Hall–Kier alpha value is -2.92. The maximum absolute atomic E-state index is 10.7. The van der Waals surface area contributed by atoms with Gasteiger partial charge in [-0.25, -0.2) is 0 Å². The second kappa shape index (κ2) is 7.06. The summed E-state index contributed by atoms with van der Waals surface area (Å²) < 4.78 is 0. The lowest BCUT2D eigenvalue weighted by Gasteiger charge is -2.48. The summed E-state index contributed by atoms with van der Waals surface area (Å²) in [6, 6.07) is 19.8. The van der Waals surface area contributed by atoms with Crippen LogP contribution in [-0.2, 0) is 18.5 Å². The molecular formula is C26H29N3O2. The second-order valence-corrected chi connectivity index (χ2v) is 9.27. The largest absolute Gasteiger partial charge is 0.494 e. The number of nitrogens with one attached hydrogen (secondary N) is 1. The lowest BCUT2D eigenvalue weighted by atomic mass is 9.79. The minimum atomic E-state index is -0.289. The minimum absolute atomic E-state index is 0.106. The summed E-state index contributed by atoms with van der Waals surface area (Å²) in [5.74, 6) is 0.233. The second-order valence-electron chi connectivity index (χ2n) is 9.27. The van der Waals surface area contributed by atoms with E-state index in [9.17, 15) is 10.2 Å². The summed E-state index contributed by atoms with van der Waals surface area (Å²) in [5.41, 5.74) is 5.60. The number of aromatic amines is 1. The third-order valence-corrected chi connectivity index (χ3v) is 7.83. The number of hydrogen-bond acceptors (Lipinski definition) is 4. The molecule has 0 saturated carbocycles. The van der Waals surface area contributed by atoms with Gasteiger partial charge in [0.2, 0.25) is 0 Å². The van der Waals surface area contributed by atoms with Crippen molar-refractivity contribution in [1.29, 1.82) is 0 Å². The minimum Gasteiger partial charge on any atom is -0.494 e. The smallest absolute Gasteiger partial charge is 0.197 e. The standard InChI is InChI=1S/C26H29N3O2/c30-24-21-17-29(19-9-2-1-3-10-19)26(23(21)25(31)27-24)13-15-28(16-14-26)22-12-6-8-18-7-4-5-11-20(18)22/h1-5,7,9-11,22,27,30-31H,6,8,12-17H2/t22-/m1/s1. The number of nitrogens with zero attached hydrogens (tertiary/aromatic N) is 2. The van der Waals surface area contributed by atoms with Crippen molar-refractivity contribution in [3.8, 4) is 11.8 Å². The van der Waals surface area contributed by atoms with E-state index >= 15 is 0 Å². The molecule has 3 aliphatic rings. The first-order valence-electron chi connectivity index (χ1n) is 11.5. The van der Waals surface area contributed by atoms with Gasteiger partial charge >= 0.3 is 0 Å². The maximum Gasteiger partial charge on any atom is 0.197 e. The van der Waals surface area contributed by atoms with E-state index in [-0.39, 0.29) is 17.3 Å². The highest BCUT2D eigenvalue weighted by Crippen LogP contribution is 2.54. The maximum atomic E-state index is 10.7. The number of aromatic hydroxyl groups is 2. The predicted molar refractivity (Wildman–Crippen MR) is 121 cm³/mol. The molecule has 2 aliphatic heterocycles. The van der Waals surface area contributed by atoms with Crippen molar-refractivity contribution in [1.82, 2.24) is 9.88 Å². The third-order valence-electron chi connectivity index (χ3n) is 7.83. The number of para-hydroxylation sites is 1. The Morgan fingerprint density at radius 1 is 0.903 bits per heavy atom. The van der Waals surface area contributed by atoms with Crippen LogP contribution in [0.4, 0.5) is 5.69 Å². The number of aryl methyl sites for hydroxylation is 1. The number of anilines is 1. The molecule has 1 aliphatic carbocycles. The monoisotopic (exact) mass is 415 g/mol. The third kappa shape index (κ3) is 2.79. The van der Waals surface area contributed by atoms with Crippen LogP contribution in [0.2, 0.25) is 0 Å². The Bertz CT molecular complexity index is 1100. The number of fused-ring (bicyclic) bond motifs is 3. The zero-order valence-electron chi connectivity index (χ0n) is 17.7. The van der Waals surface area contributed by atoms with Gasteiger partial charge in [0.25, 0.3) is 0 Å². The van der Waals surface area contributed by atoms with Gasteiger partial charge in [-0.2, -0.15) is 0 Å². The molecule has 0 radical (unpaired) electrons. The Morgan fingerprint density at radius 3 is 2.45 bits per heavy atom. The van der Waals surface area contributed by atoms with Crippen LogP contribution in [0, 0.1) is 0 Å². The van der Waals surface area contributed by atoms with Crippen LogP contribution in [0.15, 0.2) is 54.6 Å². The molecule has 3 aromatic rings. The number of aromatic nitrogens is 1. The molecule has 5 heteroatoms. The van der Waals surface area contributed by atoms with Crippen LogP contribution >= 0.6 is 0 Å². The molecule has 1 atom stereocenters. The molecular weight excluding hydrogens is 386 g/mol. The molecule has 1 fully saturated rings. The Labute approximate surface area is 182 Å². The molecule has 5 nitrogen and oxygen atoms in total. The molecule has 1 aromatic heterocycles. The quantitative estimate of drug-likeness (QED) is 0.562. The van der Waals surface area contributed by atoms with Crippen LogP contribution < -0.4 is 4.90 Å². The fourth-order valence-electron chi connectivity index (χ4n) is 6.39. The van der Waals surface area contributed by atoms with Crippen LogP contribution in [0.25, 0.3) is 0 Å². The highest BCUT2D eigenvalue weighted by atomic mass is 16.3. The molecule has 2 aromatic carbocycles. The number of rotatable bonds is 2. The summed E-state index contributed by atoms with van der Waals surface area (Å²) in [6.45, 7) is 2.58. The molecule has 0 bridgehead atoms. The van der Waals surface area contributed by atoms with Crippen molar-refractivity contribution >= 4 is 5.69 Å². The van der Waals surface area contributed by atoms with Gasteiger partial charge in [0.05, 0.1) is 5.54 Å². The van der Waals surface area contributed by atoms with Crippen LogP contribution in [0.1, 0.15) is 54.0 Å². The van der Waals surface area contributed by atoms with Gasteiger partial charge in [0.15, 0.2) is 11.8 Å². The van der Waals surface area contributed by atoms with E-state index in [0.717, 1.165) is 42.7 Å². The van der Waals surface area contributed by atoms with Crippen LogP contribution in [-0.4, -0.2) is 33.2 Å². The summed E-state index contributed by atoms with van der Waals surface area (Å²) in [5, 5.41) is 21.2. The Balaban J connectivity index is 1.34. The van der Waals surface area contributed by atoms with Crippen LogP contribution in [0.5, 0.6) is 11.8 Å². The Kier molecular flexibility index (Phi) is 4.29. The SMILES string of the molecule is Oc1[nH]c(O)c2c1CN(c1ccccc1)C21CCN([C@@H]2CCCc3ccccc32)CC1. The van der Waals surface area contributed by atoms with Crippen molar-refractivity contribution in [2.45, 2.75) is 50.2 Å². The number of hydrogen-bond donors (Lipinski definition) is 3. The average molecular weight is 416 g/mol. The van der Waals surface area contributed by atoms with E-state index in [1.807, 2.05) is 6.07 Å². The van der Waals surface area contributed by atoms with Gasteiger partial charge in [0.1, 0.15) is 0 Å². The van der Waals surface area contributed by atoms with Crippen LogP contribution in [0.3, 0.4) is 0 Å². The van der Waals surface area contributed by atoms with Gasteiger partial charge in [-0.05, 0) is 55.4 Å². The van der Waals surface area contributed by atoms with E-state index in [1.165, 1.54) is 30.4 Å². The fourth-order valence-corrected chi connectivity index (χ4v) is 6.39. The highest BCUT2D eigenvalue weighted by Gasteiger charge is 2.51. The lowest BCUT2D eigenvalue weighted by molar-refractivity contribution is 0.104. The first-order valence-corrected chi connectivity index (χ1v) is 11.5. The van der Waals surface area contributed by atoms with Crippen molar-refractivity contribution in [2.24, 2.45) is 0 Å². The Morgan fingerprint density at radius 2 is 1.65 bits per heavy atom. The first kappa shape index (κ1) is 18.8. The summed E-state index contributed by atoms with van der Waals surface area (Å²) >= 11 is 0. The number of H-pyrrole nitrogens is 1. The van der Waals surface area contributed by atoms with Gasteiger partial charge in [-0.1, -0.05) is 42.5 Å². The zero-order chi connectivity index (χ0) is 21.0. The summed E-state index contributed by atoms with van der Waals surface area (Å²) in [6.07, 6.45) is 5.51. The average Bonchev–Trinajstić information content (AvgIpc) is 3.29. The van der Waals surface area contributed by atoms with Gasteiger partial charge in [0, 0.05) is 42.5 Å². The first-order chi connectivity index (χ1) is 15.2. The highest BCUT2D eigenvalue weighted by molar-refractivity contribution is 5.63. The molecule has 1 spiro atoms. The molecule has 31 heavy (non-hydrogen) atoms. The molecule has 3 N–H and O–H groups in total.